The van der Waals surface area contributed by atoms with Gasteiger partial charge in [0.05, 0.1) is 11.6 Å². The quantitative estimate of drug-likeness (QED) is 0.259. The molecule has 2 aromatic carbocycles. The molecule has 5 rings (SSSR count). The number of hydrogen-bond acceptors (Lipinski definition) is 5. The van der Waals surface area contributed by atoms with Crippen molar-refractivity contribution in [2.24, 2.45) is 10.9 Å². The third-order valence-electron chi connectivity index (χ3n) is 5.31. The van der Waals surface area contributed by atoms with Gasteiger partial charge in [-0.3, -0.25) is 14.6 Å². The molecule has 0 unspecified atom stereocenters. The first kappa shape index (κ1) is 19.3. The van der Waals surface area contributed by atoms with Crippen LogP contribution in [0.4, 0.5) is 0 Å². The van der Waals surface area contributed by atoms with Crippen LogP contribution in [-0.2, 0) is 11.2 Å². The molecule has 2 aromatic heterocycles. The number of aromatic nitrogens is 1. The highest BCUT2D eigenvalue weighted by molar-refractivity contribution is 7.12. The van der Waals surface area contributed by atoms with Crippen LogP contribution in [0, 0.1) is 5.92 Å². The number of ether oxygens (including phenoxy) is 1. The van der Waals surface area contributed by atoms with E-state index in [2.05, 4.69) is 9.98 Å². The molecule has 0 fully saturated rings. The summed E-state index contributed by atoms with van der Waals surface area (Å²) in [7, 11) is 0. The molecule has 31 heavy (non-hydrogen) atoms. The Balaban J connectivity index is 1.46. The largest absolute Gasteiger partial charge is 0.424 e. The van der Waals surface area contributed by atoms with Crippen molar-refractivity contribution in [2.45, 2.75) is 12.8 Å². The van der Waals surface area contributed by atoms with E-state index in [1.807, 2.05) is 47.8 Å². The first-order valence-corrected chi connectivity index (χ1v) is 10.9. The predicted molar refractivity (Wildman–Crippen MR) is 121 cm³/mol. The number of nitrogens with zero attached hydrogens (tertiary/aromatic N) is 2. The van der Waals surface area contributed by atoms with Gasteiger partial charge in [0.15, 0.2) is 5.75 Å². The minimum atomic E-state index is -0.418. The molecule has 1 aliphatic heterocycles. The van der Waals surface area contributed by atoms with Crippen molar-refractivity contribution in [1.82, 2.24) is 4.98 Å². The molecule has 0 spiro atoms. The minimum absolute atomic E-state index is 0.316. The lowest BCUT2D eigenvalue weighted by Crippen LogP contribution is -2.30. The third kappa shape index (κ3) is 3.90. The Morgan fingerprint density at radius 1 is 1.06 bits per heavy atom. The molecule has 1 aliphatic rings. The zero-order valence-corrected chi connectivity index (χ0v) is 17.3. The Labute approximate surface area is 183 Å². The molecular weight excluding hydrogens is 408 g/mol. The Kier molecular flexibility index (Phi) is 5.14. The van der Waals surface area contributed by atoms with Gasteiger partial charge in [-0.05, 0) is 41.6 Å². The maximum absolute atomic E-state index is 12.9. The van der Waals surface area contributed by atoms with E-state index in [0.717, 1.165) is 15.8 Å². The van der Waals surface area contributed by atoms with Gasteiger partial charge < -0.3 is 4.74 Å². The number of carbonyl (C=O) groups excluding carboxylic acids is 2. The van der Waals surface area contributed by atoms with Crippen molar-refractivity contribution in [1.29, 1.82) is 0 Å². The standard InChI is InChI=1S/C25H18N2O3S/c28-24(17-6-2-1-3-7-17)27-20(21-9-5-13-31-21)15-19-14-18-11-10-16-8-4-12-26-22(16)23(18)30-25(19)29/h1-13,19H,14-15H2/t19-/m0/s1. The van der Waals surface area contributed by atoms with E-state index < -0.39 is 5.92 Å². The molecule has 4 aromatic rings. The predicted octanol–water partition coefficient (Wildman–Crippen LogP) is 5.09. The molecule has 0 radical (unpaired) electrons. The van der Waals surface area contributed by atoms with Crippen LogP contribution in [0.2, 0.25) is 0 Å². The lowest BCUT2D eigenvalue weighted by atomic mass is 9.90. The van der Waals surface area contributed by atoms with Gasteiger partial charge in [-0.2, -0.15) is 0 Å². The van der Waals surface area contributed by atoms with Crippen molar-refractivity contribution < 1.29 is 14.3 Å². The number of carbonyl (C=O) groups is 2. The van der Waals surface area contributed by atoms with Crippen molar-refractivity contribution in [3.05, 3.63) is 94.3 Å². The Hall–Kier alpha value is -3.64. The number of pyridine rings is 1. The van der Waals surface area contributed by atoms with E-state index in [4.69, 9.17) is 4.74 Å². The number of esters is 1. The molecule has 6 heteroatoms. The lowest BCUT2D eigenvalue weighted by Gasteiger charge is -2.24. The van der Waals surface area contributed by atoms with Gasteiger partial charge in [0.25, 0.3) is 5.91 Å². The fourth-order valence-electron chi connectivity index (χ4n) is 3.77. The normalized spacial score (nSPS) is 16.1. The van der Waals surface area contributed by atoms with E-state index in [9.17, 15) is 9.59 Å². The molecule has 0 aliphatic carbocycles. The van der Waals surface area contributed by atoms with E-state index in [1.165, 1.54) is 11.3 Å². The summed E-state index contributed by atoms with van der Waals surface area (Å²) in [6, 6.07) is 20.5. The van der Waals surface area contributed by atoms with Crippen molar-refractivity contribution >= 4 is 39.8 Å². The Morgan fingerprint density at radius 3 is 2.74 bits per heavy atom. The number of amides is 1. The van der Waals surface area contributed by atoms with Gasteiger partial charge in [-0.15, -0.1) is 11.3 Å². The maximum atomic E-state index is 12.9. The molecule has 1 atom stereocenters. The summed E-state index contributed by atoms with van der Waals surface area (Å²) in [6.45, 7) is 0. The highest BCUT2D eigenvalue weighted by Crippen LogP contribution is 2.35. The highest BCUT2D eigenvalue weighted by Gasteiger charge is 2.31. The SMILES string of the molecule is O=C(N=C(C[C@@H]1Cc2ccc3cccnc3c2OC1=O)c1cccs1)c1ccccc1. The summed E-state index contributed by atoms with van der Waals surface area (Å²) in [4.78, 5) is 35.2. The monoisotopic (exact) mass is 426 g/mol. The second-order valence-corrected chi connectivity index (χ2v) is 8.31. The topological polar surface area (TPSA) is 68.6 Å². The number of aliphatic imine (C=N–C) groups is 1. The molecule has 0 saturated carbocycles. The summed E-state index contributed by atoms with van der Waals surface area (Å²) >= 11 is 1.50. The zero-order valence-electron chi connectivity index (χ0n) is 16.5. The number of fused-ring (bicyclic) bond motifs is 3. The van der Waals surface area contributed by atoms with Crippen LogP contribution in [0.1, 0.15) is 27.2 Å². The molecule has 5 nitrogen and oxygen atoms in total. The summed E-state index contributed by atoms with van der Waals surface area (Å²) in [6.07, 6.45) is 2.54. The first-order chi connectivity index (χ1) is 15.2. The third-order valence-corrected chi connectivity index (χ3v) is 6.23. The molecule has 0 saturated heterocycles. The maximum Gasteiger partial charge on any atom is 0.315 e. The van der Waals surface area contributed by atoms with Crippen molar-refractivity contribution in [3.63, 3.8) is 0 Å². The van der Waals surface area contributed by atoms with E-state index >= 15 is 0 Å². The summed E-state index contributed by atoms with van der Waals surface area (Å²) in [5.41, 5.74) is 2.76. The molecule has 3 heterocycles. The van der Waals surface area contributed by atoms with Gasteiger partial charge in [-0.1, -0.05) is 42.5 Å². The number of thiophene rings is 1. The van der Waals surface area contributed by atoms with Gasteiger partial charge in [0.2, 0.25) is 0 Å². The van der Waals surface area contributed by atoms with Crippen molar-refractivity contribution in [3.8, 4) is 5.75 Å². The molecular formula is C25H18N2O3S. The van der Waals surface area contributed by atoms with Crippen molar-refractivity contribution in [2.75, 3.05) is 0 Å². The van der Waals surface area contributed by atoms with Crippen LogP contribution in [0.3, 0.4) is 0 Å². The van der Waals surface area contributed by atoms with Crippen LogP contribution in [0.5, 0.6) is 5.75 Å². The summed E-state index contributed by atoms with van der Waals surface area (Å²) in [5.74, 6) is -0.516. The van der Waals surface area contributed by atoms with Crippen LogP contribution in [-0.4, -0.2) is 22.6 Å². The average molecular weight is 426 g/mol. The van der Waals surface area contributed by atoms with Gasteiger partial charge >= 0.3 is 5.97 Å². The average Bonchev–Trinajstić information content (AvgIpc) is 3.34. The summed E-state index contributed by atoms with van der Waals surface area (Å²) < 4.78 is 5.73. The molecule has 0 bridgehead atoms. The second-order valence-electron chi connectivity index (χ2n) is 7.36. The Morgan fingerprint density at radius 2 is 1.94 bits per heavy atom. The number of benzene rings is 2. The van der Waals surface area contributed by atoms with E-state index in [-0.39, 0.29) is 11.9 Å². The fraction of sp³-hybridized carbons (Fsp3) is 0.120. The van der Waals surface area contributed by atoms with E-state index in [0.29, 0.717) is 35.4 Å². The second kappa shape index (κ2) is 8.24. The lowest BCUT2D eigenvalue weighted by molar-refractivity contribution is -0.139. The van der Waals surface area contributed by atoms with E-state index in [1.54, 1.807) is 30.5 Å². The van der Waals surface area contributed by atoms with Gasteiger partial charge in [0, 0.05) is 28.4 Å². The fourth-order valence-corrected chi connectivity index (χ4v) is 4.49. The van der Waals surface area contributed by atoms with Gasteiger partial charge in [0.1, 0.15) is 5.52 Å². The molecule has 0 N–H and O–H groups in total. The van der Waals surface area contributed by atoms with Crippen LogP contribution >= 0.6 is 11.3 Å². The summed E-state index contributed by atoms with van der Waals surface area (Å²) in [5, 5.41) is 2.87. The smallest absolute Gasteiger partial charge is 0.315 e. The van der Waals surface area contributed by atoms with Crippen LogP contribution in [0.15, 0.2) is 83.3 Å². The van der Waals surface area contributed by atoms with Gasteiger partial charge in [-0.25, -0.2) is 4.99 Å². The molecule has 152 valence electrons. The highest BCUT2D eigenvalue weighted by atomic mass is 32.1. The molecule has 1 amide bonds. The van der Waals surface area contributed by atoms with Crippen LogP contribution in [0.25, 0.3) is 10.9 Å². The number of hydrogen-bond donors (Lipinski definition) is 0. The zero-order chi connectivity index (χ0) is 21.2. The Bertz CT molecular complexity index is 1300. The minimum Gasteiger partial charge on any atom is -0.424 e. The first-order valence-electron chi connectivity index (χ1n) is 9.98. The number of rotatable bonds is 4. The van der Waals surface area contributed by atoms with Crippen LogP contribution < -0.4 is 4.74 Å².